The lowest BCUT2D eigenvalue weighted by Crippen LogP contribution is -2.04. The van der Waals surface area contributed by atoms with Crippen molar-refractivity contribution in [2.75, 3.05) is 6.61 Å². The first-order valence-electron chi connectivity index (χ1n) is 11.5. The van der Waals surface area contributed by atoms with E-state index in [0.29, 0.717) is 19.6 Å². The summed E-state index contributed by atoms with van der Waals surface area (Å²) in [5.74, 6) is 0.551. The van der Waals surface area contributed by atoms with Gasteiger partial charge in [0.2, 0.25) is 0 Å². The van der Waals surface area contributed by atoms with Gasteiger partial charge in [0.25, 0.3) is 0 Å². The van der Waals surface area contributed by atoms with Crippen molar-refractivity contribution in [3.8, 4) is 5.75 Å². The highest BCUT2D eigenvalue weighted by Gasteiger charge is 2.15. The van der Waals surface area contributed by atoms with Gasteiger partial charge in [0.05, 0.1) is 6.61 Å². The first-order valence-corrected chi connectivity index (χ1v) is 11.5. The third-order valence-electron chi connectivity index (χ3n) is 5.54. The Morgan fingerprint density at radius 2 is 1.18 bits per heavy atom. The van der Waals surface area contributed by atoms with Crippen LogP contribution in [0.25, 0.3) is 11.1 Å². The molecule has 34 heavy (non-hydrogen) atoms. The van der Waals surface area contributed by atoms with Crippen molar-refractivity contribution in [3.05, 3.63) is 138 Å². The number of carbonyl (C=O) groups is 1. The fourth-order valence-corrected chi connectivity index (χ4v) is 3.93. The second-order valence-corrected chi connectivity index (χ2v) is 7.97. The molecule has 0 aliphatic carbocycles. The van der Waals surface area contributed by atoms with Crippen molar-refractivity contribution in [1.82, 2.24) is 0 Å². The lowest BCUT2D eigenvalue weighted by Gasteiger charge is -2.18. The van der Waals surface area contributed by atoms with E-state index in [1.807, 2.05) is 66.7 Å². The Morgan fingerprint density at radius 3 is 1.76 bits per heavy atom. The van der Waals surface area contributed by atoms with Crippen LogP contribution >= 0.6 is 0 Å². The van der Waals surface area contributed by atoms with Crippen molar-refractivity contribution in [3.63, 3.8) is 0 Å². The SMILES string of the molecule is CC(=O)OCC/C(=C(\c1ccccc1)c1ccc(OCc2ccccc2)cc1)c1ccccc1. The van der Waals surface area contributed by atoms with Gasteiger partial charge in [0.15, 0.2) is 0 Å². The number of rotatable bonds is 9. The fraction of sp³-hybridized carbons (Fsp3) is 0.129. The molecule has 0 saturated carbocycles. The van der Waals surface area contributed by atoms with Crippen LogP contribution in [-0.4, -0.2) is 12.6 Å². The standard InChI is InChI=1S/C31H28O3/c1-24(32)33-22-21-30(26-13-7-3-8-14-26)31(27-15-9-4-10-16-27)28-17-19-29(20-18-28)34-23-25-11-5-2-6-12-25/h2-20H,21-23H2,1H3/b31-30-. The Balaban J connectivity index is 1.70. The Labute approximate surface area is 201 Å². The lowest BCUT2D eigenvalue weighted by atomic mass is 9.88. The smallest absolute Gasteiger partial charge is 0.302 e. The van der Waals surface area contributed by atoms with E-state index in [1.54, 1.807) is 0 Å². The molecule has 4 aromatic rings. The van der Waals surface area contributed by atoms with Crippen LogP contribution in [0.3, 0.4) is 0 Å². The van der Waals surface area contributed by atoms with E-state index in [1.165, 1.54) is 6.92 Å². The van der Waals surface area contributed by atoms with Crippen LogP contribution in [0.2, 0.25) is 0 Å². The molecule has 0 spiro atoms. The van der Waals surface area contributed by atoms with Crippen LogP contribution in [0.4, 0.5) is 0 Å². The Bertz CT molecular complexity index is 1210. The van der Waals surface area contributed by atoms with Gasteiger partial charge in [-0.05, 0) is 45.5 Å². The molecule has 0 amide bonds. The van der Waals surface area contributed by atoms with Crippen LogP contribution in [-0.2, 0) is 16.1 Å². The van der Waals surface area contributed by atoms with Crippen LogP contribution in [0.15, 0.2) is 115 Å². The van der Waals surface area contributed by atoms with Crippen LogP contribution in [0.1, 0.15) is 35.6 Å². The molecule has 0 aromatic heterocycles. The van der Waals surface area contributed by atoms with Gasteiger partial charge in [0, 0.05) is 13.3 Å². The van der Waals surface area contributed by atoms with E-state index in [9.17, 15) is 4.79 Å². The van der Waals surface area contributed by atoms with Crippen molar-refractivity contribution < 1.29 is 14.3 Å². The van der Waals surface area contributed by atoms with Crippen molar-refractivity contribution >= 4 is 17.1 Å². The van der Waals surface area contributed by atoms with Crippen molar-refractivity contribution in [2.24, 2.45) is 0 Å². The molecule has 0 fully saturated rings. The second-order valence-electron chi connectivity index (χ2n) is 7.97. The quantitative estimate of drug-likeness (QED) is 0.201. The highest BCUT2D eigenvalue weighted by molar-refractivity contribution is 5.98. The Kier molecular flexibility index (Phi) is 7.91. The summed E-state index contributed by atoms with van der Waals surface area (Å²) in [5.41, 5.74) is 6.69. The molecule has 0 saturated heterocycles. The van der Waals surface area contributed by atoms with Gasteiger partial charge in [-0.2, -0.15) is 0 Å². The number of ether oxygens (including phenoxy) is 2. The van der Waals surface area contributed by atoms with E-state index in [4.69, 9.17) is 9.47 Å². The van der Waals surface area contributed by atoms with E-state index in [0.717, 1.165) is 39.1 Å². The minimum Gasteiger partial charge on any atom is -0.489 e. The molecule has 4 rings (SSSR count). The van der Waals surface area contributed by atoms with E-state index in [-0.39, 0.29) is 5.97 Å². The molecule has 3 heteroatoms. The molecule has 0 bridgehead atoms. The van der Waals surface area contributed by atoms with Gasteiger partial charge >= 0.3 is 5.97 Å². The van der Waals surface area contributed by atoms with E-state index in [2.05, 4.69) is 48.5 Å². The maximum absolute atomic E-state index is 11.4. The summed E-state index contributed by atoms with van der Waals surface area (Å²) in [4.78, 5) is 11.4. The molecule has 0 aliphatic heterocycles. The minimum absolute atomic E-state index is 0.270. The van der Waals surface area contributed by atoms with Gasteiger partial charge in [-0.15, -0.1) is 0 Å². The first-order chi connectivity index (χ1) is 16.7. The molecule has 0 atom stereocenters. The second kappa shape index (κ2) is 11.7. The monoisotopic (exact) mass is 448 g/mol. The zero-order valence-electron chi connectivity index (χ0n) is 19.3. The van der Waals surface area contributed by atoms with Gasteiger partial charge in [-0.1, -0.05) is 103 Å². The summed E-state index contributed by atoms with van der Waals surface area (Å²) in [7, 11) is 0. The van der Waals surface area contributed by atoms with Gasteiger partial charge in [0.1, 0.15) is 12.4 Å². The zero-order chi connectivity index (χ0) is 23.6. The number of hydrogen-bond donors (Lipinski definition) is 0. The highest BCUT2D eigenvalue weighted by Crippen LogP contribution is 2.35. The van der Waals surface area contributed by atoms with Crippen molar-refractivity contribution in [2.45, 2.75) is 20.0 Å². The average Bonchev–Trinajstić information content (AvgIpc) is 2.89. The summed E-state index contributed by atoms with van der Waals surface area (Å²) < 4.78 is 11.3. The molecule has 0 radical (unpaired) electrons. The van der Waals surface area contributed by atoms with Crippen LogP contribution in [0, 0.1) is 0 Å². The molecule has 3 nitrogen and oxygen atoms in total. The topological polar surface area (TPSA) is 35.5 Å². The third kappa shape index (κ3) is 6.23. The summed E-state index contributed by atoms with van der Waals surface area (Å²) in [6.45, 7) is 2.30. The zero-order valence-corrected chi connectivity index (χ0v) is 19.3. The molecule has 170 valence electrons. The number of esters is 1. The molecule has 0 N–H and O–H groups in total. The molecular formula is C31H28O3. The molecule has 0 heterocycles. The predicted octanol–water partition coefficient (Wildman–Crippen LogP) is 7.18. The number of hydrogen-bond acceptors (Lipinski definition) is 3. The van der Waals surface area contributed by atoms with Gasteiger partial charge in [-0.3, -0.25) is 4.79 Å². The lowest BCUT2D eigenvalue weighted by molar-refractivity contribution is -0.140. The first kappa shape index (κ1) is 23.1. The van der Waals surface area contributed by atoms with E-state index >= 15 is 0 Å². The average molecular weight is 449 g/mol. The number of benzene rings is 4. The Hall–Kier alpha value is -4.11. The summed E-state index contributed by atoms with van der Waals surface area (Å²) in [6, 6.07) is 39.0. The third-order valence-corrected chi connectivity index (χ3v) is 5.54. The maximum atomic E-state index is 11.4. The molecule has 0 aliphatic rings. The fourth-order valence-electron chi connectivity index (χ4n) is 3.93. The molecular weight excluding hydrogens is 420 g/mol. The maximum Gasteiger partial charge on any atom is 0.302 e. The van der Waals surface area contributed by atoms with Crippen LogP contribution in [0.5, 0.6) is 5.75 Å². The van der Waals surface area contributed by atoms with Gasteiger partial charge in [-0.25, -0.2) is 0 Å². The minimum atomic E-state index is -0.270. The summed E-state index contributed by atoms with van der Waals surface area (Å²) in [6.07, 6.45) is 0.611. The Morgan fingerprint density at radius 1 is 0.647 bits per heavy atom. The highest BCUT2D eigenvalue weighted by atomic mass is 16.5. The van der Waals surface area contributed by atoms with Crippen molar-refractivity contribution in [1.29, 1.82) is 0 Å². The van der Waals surface area contributed by atoms with E-state index < -0.39 is 0 Å². The number of carbonyl (C=O) groups excluding carboxylic acids is 1. The van der Waals surface area contributed by atoms with Crippen LogP contribution < -0.4 is 4.74 Å². The predicted molar refractivity (Wildman–Crippen MR) is 137 cm³/mol. The van der Waals surface area contributed by atoms with Gasteiger partial charge < -0.3 is 9.47 Å². The molecule has 4 aromatic carbocycles. The normalized spacial score (nSPS) is 11.4. The summed E-state index contributed by atoms with van der Waals surface area (Å²) in [5, 5.41) is 0. The largest absolute Gasteiger partial charge is 0.489 e. The molecule has 0 unspecified atom stereocenters. The summed E-state index contributed by atoms with van der Waals surface area (Å²) >= 11 is 0.